The molecule has 0 spiro atoms. The number of halogens is 1. The van der Waals surface area contributed by atoms with Crippen LogP contribution < -0.4 is 5.32 Å². The van der Waals surface area contributed by atoms with Crippen molar-refractivity contribution < 1.29 is 4.74 Å². The highest BCUT2D eigenvalue weighted by Crippen LogP contribution is 2.33. The van der Waals surface area contributed by atoms with Gasteiger partial charge in [0.1, 0.15) is 0 Å². The molecule has 0 radical (unpaired) electrons. The zero-order chi connectivity index (χ0) is 16.6. The van der Waals surface area contributed by atoms with Crippen molar-refractivity contribution in [3.63, 3.8) is 0 Å². The van der Waals surface area contributed by atoms with Crippen LogP contribution in [0.25, 0.3) is 0 Å². The van der Waals surface area contributed by atoms with Gasteiger partial charge >= 0.3 is 0 Å². The minimum atomic E-state index is 0. The Morgan fingerprint density at radius 1 is 1.20 bits per heavy atom. The van der Waals surface area contributed by atoms with Gasteiger partial charge in [-0.2, -0.15) is 0 Å². The van der Waals surface area contributed by atoms with E-state index < -0.39 is 0 Å². The lowest BCUT2D eigenvalue weighted by Gasteiger charge is -2.21. The Labute approximate surface area is 169 Å². The maximum atomic E-state index is 5.91. The van der Waals surface area contributed by atoms with E-state index >= 15 is 0 Å². The molecule has 0 aromatic heterocycles. The zero-order valence-corrected chi connectivity index (χ0v) is 17.7. The van der Waals surface area contributed by atoms with Gasteiger partial charge in [0.05, 0.1) is 13.2 Å². The zero-order valence-electron chi connectivity index (χ0n) is 15.3. The van der Waals surface area contributed by atoms with Crippen LogP contribution in [0.3, 0.4) is 0 Å². The van der Waals surface area contributed by atoms with Crippen LogP contribution in [0.1, 0.15) is 37.7 Å². The van der Waals surface area contributed by atoms with Gasteiger partial charge in [-0.1, -0.05) is 43.2 Å². The van der Waals surface area contributed by atoms with Gasteiger partial charge in [0.25, 0.3) is 0 Å². The first-order valence-electron chi connectivity index (χ1n) is 9.42. The summed E-state index contributed by atoms with van der Waals surface area (Å²) in [4.78, 5) is 6.84. The average Bonchev–Trinajstić information content (AvgIpc) is 3.33. The summed E-state index contributed by atoms with van der Waals surface area (Å²) in [5.74, 6) is 2.70. The summed E-state index contributed by atoms with van der Waals surface area (Å²) in [6.45, 7) is 4.74. The van der Waals surface area contributed by atoms with E-state index in [1.165, 1.54) is 37.7 Å². The van der Waals surface area contributed by atoms with E-state index in [1.807, 2.05) is 13.1 Å². The molecule has 1 aliphatic carbocycles. The molecule has 1 saturated heterocycles. The monoisotopic (exact) mass is 457 g/mol. The average molecular weight is 457 g/mol. The lowest BCUT2D eigenvalue weighted by Crippen LogP contribution is -2.40. The SMILES string of the molecule is CN=C(NCCCC1CC1)N1CCC(COCc2ccccc2)C1.I. The molecule has 0 amide bonds. The number of ether oxygens (including phenoxy) is 1. The van der Waals surface area contributed by atoms with Gasteiger partial charge in [0, 0.05) is 32.6 Å². The molecule has 1 aromatic carbocycles. The normalized spacial score (nSPS) is 20.4. The van der Waals surface area contributed by atoms with Crippen molar-refractivity contribution in [2.75, 3.05) is 33.3 Å². The molecule has 0 bridgehead atoms. The molecular weight excluding hydrogens is 425 g/mol. The van der Waals surface area contributed by atoms with Gasteiger partial charge in [0.15, 0.2) is 5.96 Å². The highest BCUT2D eigenvalue weighted by Gasteiger charge is 2.25. The summed E-state index contributed by atoms with van der Waals surface area (Å²) in [6, 6.07) is 10.4. The Balaban J connectivity index is 0.00000225. The molecule has 1 aromatic rings. The van der Waals surface area contributed by atoms with Gasteiger partial charge in [-0.05, 0) is 30.7 Å². The number of nitrogens with zero attached hydrogens (tertiary/aromatic N) is 2. The van der Waals surface area contributed by atoms with Crippen molar-refractivity contribution in [2.45, 2.75) is 38.7 Å². The highest BCUT2D eigenvalue weighted by molar-refractivity contribution is 14.0. The standard InChI is InChI=1S/C20H31N3O.HI/c1-21-20(22-12-5-8-17-9-10-17)23-13-11-19(14-23)16-24-15-18-6-3-2-4-7-18;/h2-4,6-7,17,19H,5,8-16H2,1H3,(H,21,22);1H. The van der Waals surface area contributed by atoms with E-state index in [0.717, 1.165) is 38.1 Å². The van der Waals surface area contributed by atoms with Crippen molar-refractivity contribution in [3.05, 3.63) is 35.9 Å². The molecule has 1 unspecified atom stereocenters. The van der Waals surface area contributed by atoms with Crippen LogP contribution in [0.2, 0.25) is 0 Å². The predicted molar refractivity (Wildman–Crippen MR) is 115 cm³/mol. The second kappa shape index (κ2) is 11.0. The Morgan fingerprint density at radius 2 is 2.00 bits per heavy atom. The number of aliphatic imine (C=N–C) groups is 1. The molecule has 1 aliphatic heterocycles. The molecule has 5 heteroatoms. The van der Waals surface area contributed by atoms with Crippen LogP contribution in [0.15, 0.2) is 35.3 Å². The van der Waals surface area contributed by atoms with Crippen molar-refractivity contribution in [2.24, 2.45) is 16.8 Å². The van der Waals surface area contributed by atoms with Crippen LogP contribution in [-0.2, 0) is 11.3 Å². The third kappa shape index (κ3) is 7.13. The van der Waals surface area contributed by atoms with Crippen molar-refractivity contribution in [1.82, 2.24) is 10.2 Å². The van der Waals surface area contributed by atoms with Gasteiger partial charge < -0.3 is 15.0 Å². The van der Waals surface area contributed by atoms with E-state index in [4.69, 9.17) is 4.74 Å². The Kier molecular flexibility index (Phi) is 9.03. The Hall–Kier alpha value is -0.820. The predicted octanol–water partition coefficient (Wildman–Crippen LogP) is 3.91. The second-order valence-corrected chi connectivity index (χ2v) is 7.16. The highest BCUT2D eigenvalue weighted by atomic mass is 127. The van der Waals surface area contributed by atoms with Crippen molar-refractivity contribution >= 4 is 29.9 Å². The van der Waals surface area contributed by atoms with Crippen molar-refractivity contribution in [3.8, 4) is 0 Å². The number of nitrogens with one attached hydrogen (secondary N) is 1. The van der Waals surface area contributed by atoms with Crippen LogP contribution in [0, 0.1) is 11.8 Å². The smallest absolute Gasteiger partial charge is 0.193 e. The van der Waals surface area contributed by atoms with Crippen LogP contribution in [0.4, 0.5) is 0 Å². The van der Waals surface area contributed by atoms with Crippen LogP contribution in [-0.4, -0.2) is 44.1 Å². The number of rotatable bonds is 8. The molecule has 140 valence electrons. The fraction of sp³-hybridized carbons (Fsp3) is 0.650. The van der Waals surface area contributed by atoms with E-state index in [2.05, 4.69) is 39.5 Å². The minimum Gasteiger partial charge on any atom is -0.376 e. The molecule has 1 atom stereocenters. The van der Waals surface area contributed by atoms with E-state index in [1.54, 1.807) is 0 Å². The van der Waals surface area contributed by atoms with Gasteiger partial charge in [0.2, 0.25) is 0 Å². The fourth-order valence-corrected chi connectivity index (χ4v) is 3.41. The largest absolute Gasteiger partial charge is 0.376 e. The Bertz CT molecular complexity index is 519. The molecule has 2 aliphatic rings. The summed E-state index contributed by atoms with van der Waals surface area (Å²) in [6.07, 6.45) is 6.73. The number of likely N-dealkylation sites (tertiary alicyclic amines) is 1. The molecule has 3 rings (SSSR count). The van der Waals surface area contributed by atoms with Crippen LogP contribution >= 0.6 is 24.0 Å². The first-order valence-corrected chi connectivity index (χ1v) is 9.42. The third-order valence-electron chi connectivity index (χ3n) is 5.03. The summed E-state index contributed by atoms with van der Waals surface area (Å²) in [5.41, 5.74) is 1.25. The number of guanidine groups is 1. The number of hydrogen-bond acceptors (Lipinski definition) is 2. The van der Waals surface area contributed by atoms with Gasteiger partial charge in [-0.15, -0.1) is 24.0 Å². The summed E-state index contributed by atoms with van der Waals surface area (Å²) in [7, 11) is 1.89. The first-order chi connectivity index (χ1) is 11.8. The van der Waals surface area contributed by atoms with Crippen molar-refractivity contribution in [1.29, 1.82) is 0 Å². The molecule has 1 N–H and O–H groups in total. The molecule has 1 heterocycles. The lowest BCUT2D eigenvalue weighted by molar-refractivity contribution is 0.0907. The number of benzene rings is 1. The summed E-state index contributed by atoms with van der Waals surface area (Å²) in [5, 5.41) is 3.53. The van der Waals surface area contributed by atoms with Gasteiger partial charge in [-0.25, -0.2) is 0 Å². The topological polar surface area (TPSA) is 36.9 Å². The fourth-order valence-electron chi connectivity index (χ4n) is 3.41. The van der Waals surface area contributed by atoms with E-state index in [0.29, 0.717) is 12.5 Å². The van der Waals surface area contributed by atoms with Gasteiger partial charge in [-0.3, -0.25) is 4.99 Å². The van der Waals surface area contributed by atoms with E-state index in [9.17, 15) is 0 Å². The lowest BCUT2D eigenvalue weighted by atomic mass is 10.1. The molecule has 4 nitrogen and oxygen atoms in total. The molecule has 25 heavy (non-hydrogen) atoms. The summed E-state index contributed by atoms with van der Waals surface area (Å²) < 4.78 is 5.91. The maximum absolute atomic E-state index is 5.91. The quantitative estimate of drug-likeness (QED) is 0.279. The van der Waals surface area contributed by atoms with E-state index in [-0.39, 0.29) is 24.0 Å². The molecule has 1 saturated carbocycles. The molecule has 2 fully saturated rings. The van der Waals surface area contributed by atoms with Crippen LogP contribution in [0.5, 0.6) is 0 Å². The number of hydrogen-bond donors (Lipinski definition) is 1. The second-order valence-electron chi connectivity index (χ2n) is 7.16. The summed E-state index contributed by atoms with van der Waals surface area (Å²) >= 11 is 0. The third-order valence-corrected chi connectivity index (χ3v) is 5.03. The molecular formula is C20H32IN3O. The first kappa shape index (κ1) is 20.5. The Morgan fingerprint density at radius 3 is 2.72 bits per heavy atom. The maximum Gasteiger partial charge on any atom is 0.193 e. The minimum absolute atomic E-state index is 0.